The third-order valence-corrected chi connectivity index (χ3v) is 10.9. The minimum Gasteiger partial charge on any atom is -0.456 e. The van der Waals surface area contributed by atoms with E-state index in [1.165, 1.54) is 27.5 Å². The van der Waals surface area contributed by atoms with Crippen LogP contribution in [0.1, 0.15) is 0 Å². The largest absolute Gasteiger partial charge is 0.456 e. The van der Waals surface area contributed by atoms with Gasteiger partial charge in [0.25, 0.3) is 0 Å². The number of fused-ring (bicyclic) bond motifs is 9. The summed E-state index contributed by atoms with van der Waals surface area (Å²) in [6, 6.07) is 56.6. The van der Waals surface area contributed by atoms with E-state index in [2.05, 4.69) is 97.1 Å². The summed E-state index contributed by atoms with van der Waals surface area (Å²) in [5.41, 5.74) is 13.0. The molecule has 0 atom stereocenters. The van der Waals surface area contributed by atoms with Crippen LogP contribution in [0, 0.1) is 0 Å². The van der Waals surface area contributed by atoms with E-state index in [0.717, 1.165) is 77.3 Å². The van der Waals surface area contributed by atoms with Gasteiger partial charge < -0.3 is 8.83 Å². The van der Waals surface area contributed by atoms with E-state index in [9.17, 15) is 0 Å². The molecule has 3 aromatic heterocycles. The summed E-state index contributed by atoms with van der Waals surface area (Å²) in [7, 11) is 0. The highest BCUT2D eigenvalue weighted by Gasteiger charge is 2.30. The van der Waals surface area contributed by atoms with Crippen molar-refractivity contribution in [1.29, 1.82) is 0 Å². The smallest absolute Gasteiger partial charge is 0.164 e. The molecule has 0 N–H and O–H groups in total. The maximum Gasteiger partial charge on any atom is 0.164 e. The number of para-hydroxylation sites is 2. The predicted octanol–water partition coefficient (Wildman–Crippen LogP) is 13.1. The Morgan fingerprint density at radius 1 is 0.315 bits per heavy atom. The Hall–Kier alpha value is -7.37. The fourth-order valence-corrected chi connectivity index (χ4v) is 8.61. The lowest BCUT2D eigenvalue weighted by molar-refractivity contribution is 0.668. The minimum atomic E-state index is 0.584. The van der Waals surface area contributed by atoms with E-state index in [1.807, 2.05) is 66.7 Å². The third kappa shape index (κ3) is 4.12. The van der Waals surface area contributed by atoms with Crippen LogP contribution in [-0.2, 0) is 0 Å². The van der Waals surface area contributed by atoms with Gasteiger partial charge in [0.15, 0.2) is 17.5 Å². The second-order valence-electron chi connectivity index (χ2n) is 13.8. The molecule has 54 heavy (non-hydrogen) atoms. The van der Waals surface area contributed by atoms with Gasteiger partial charge in [-0.05, 0) is 62.9 Å². The number of furan rings is 2. The van der Waals surface area contributed by atoms with E-state index < -0.39 is 0 Å². The zero-order chi connectivity index (χ0) is 35.3. The van der Waals surface area contributed by atoms with Crippen molar-refractivity contribution in [2.24, 2.45) is 0 Å². The molecule has 0 radical (unpaired) electrons. The molecule has 0 saturated carbocycles. The molecule has 1 aliphatic carbocycles. The molecule has 11 aromatic rings. The van der Waals surface area contributed by atoms with Crippen molar-refractivity contribution in [3.8, 4) is 67.5 Å². The van der Waals surface area contributed by atoms with Crippen LogP contribution in [0.2, 0.25) is 0 Å². The van der Waals surface area contributed by atoms with Crippen molar-refractivity contribution in [2.45, 2.75) is 0 Å². The van der Waals surface area contributed by atoms with Crippen LogP contribution in [0.5, 0.6) is 0 Å². The highest BCUT2D eigenvalue weighted by Crippen LogP contribution is 2.55. The molecule has 250 valence electrons. The van der Waals surface area contributed by atoms with Crippen LogP contribution in [0.4, 0.5) is 0 Å². The molecule has 0 bridgehead atoms. The second-order valence-corrected chi connectivity index (χ2v) is 13.8. The molecule has 0 spiro atoms. The van der Waals surface area contributed by atoms with Crippen LogP contribution in [0.25, 0.3) is 122 Å². The second kappa shape index (κ2) is 11.1. The first kappa shape index (κ1) is 29.2. The average Bonchev–Trinajstić information content (AvgIpc) is 3.91. The molecule has 0 amide bonds. The Balaban J connectivity index is 1.19. The summed E-state index contributed by atoms with van der Waals surface area (Å²) in [4.78, 5) is 15.7. The Labute approximate surface area is 308 Å². The minimum absolute atomic E-state index is 0.584. The molecule has 5 heteroatoms. The molecule has 5 nitrogen and oxygen atoms in total. The summed E-state index contributed by atoms with van der Waals surface area (Å²) in [6.07, 6.45) is 0. The molecule has 1 aliphatic rings. The van der Waals surface area contributed by atoms with Gasteiger partial charge in [-0.1, -0.05) is 140 Å². The van der Waals surface area contributed by atoms with Crippen LogP contribution in [0.3, 0.4) is 0 Å². The number of benzene rings is 8. The van der Waals surface area contributed by atoms with Crippen LogP contribution in [0.15, 0.2) is 173 Å². The first-order valence-corrected chi connectivity index (χ1v) is 18.1. The Kier molecular flexibility index (Phi) is 5.99. The average molecular weight is 690 g/mol. The van der Waals surface area contributed by atoms with E-state index in [0.29, 0.717) is 17.5 Å². The SMILES string of the molecule is c1ccc(-c2nc(-c3ccccc3-c3c4c(cc5oc6ccccc6c35)-c3cccc5cccc-4c35)nc(-c3cccc4oc5ccccc5c34)n2)cc1. The van der Waals surface area contributed by atoms with E-state index >= 15 is 0 Å². The van der Waals surface area contributed by atoms with Gasteiger partial charge in [-0.25, -0.2) is 15.0 Å². The Morgan fingerprint density at radius 2 is 0.870 bits per heavy atom. The number of rotatable bonds is 4. The van der Waals surface area contributed by atoms with E-state index in [4.69, 9.17) is 23.8 Å². The first-order valence-electron chi connectivity index (χ1n) is 18.1. The van der Waals surface area contributed by atoms with Gasteiger partial charge >= 0.3 is 0 Å². The summed E-state index contributed by atoms with van der Waals surface area (Å²) in [5, 5.41) is 6.64. The molecular weight excluding hydrogens is 663 g/mol. The Morgan fingerprint density at radius 3 is 1.67 bits per heavy atom. The van der Waals surface area contributed by atoms with E-state index in [-0.39, 0.29) is 0 Å². The number of hydrogen-bond acceptors (Lipinski definition) is 5. The van der Waals surface area contributed by atoms with Crippen LogP contribution in [-0.4, -0.2) is 15.0 Å². The van der Waals surface area contributed by atoms with E-state index in [1.54, 1.807) is 0 Å². The highest BCUT2D eigenvalue weighted by molar-refractivity contribution is 6.26. The Bertz CT molecular complexity index is 3330. The topological polar surface area (TPSA) is 65.0 Å². The van der Waals surface area contributed by atoms with Crippen molar-refractivity contribution in [3.05, 3.63) is 164 Å². The van der Waals surface area contributed by atoms with Crippen molar-refractivity contribution in [2.75, 3.05) is 0 Å². The lowest BCUT2D eigenvalue weighted by Crippen LogP contribution is -2.01. The highest BCUT2D eigenvalue weighted by atomic mass is 16.3. The van der Waals surface area contributed by atoms with Gasteiger partial charge in [0.05, 0.1) is 0 Å². The van der Waals surface area contributed by atoms with Gasteiger partial charge in [-0.15, -0.1) is 0 Å². The van der Waals surface area contributed by atoms with Gasteiger partial charge in [0.2, 0.25) is 0 Å². The molecule has 12 rings (SSSR count). The summed E-state index contributed by atoms with van der Waals surface area (Å²) in [6.45, 7) is 0. The lowest BCUT2D eigenvalue weighted by atomic mass is 9.87. The fraction of sp³-hybridized carbons (Fsp3) is 0. The number of aromatic nitrogens is 3. The zero-order valence-electron chi connectivity index (χ0n) is 28.7. The van der Waals surface area contributed by atoms with Gasteiger partial charge in [-0.3, -0.25) is 0 Å². The summed E-state index contributed by atoms with van der Waals surface area (Å²) < 4.78 is 13.0. The van der Waals surface area contributed by atoms with Gasteiger partial charge in [-0.2, -0.15) is 0 Å². The number of nitrogens with zero attached hydrogens (tertiary/aromatic N) is 3. The van der Waals surface area contributed by atoms with Crippen molar-refractivity contribution in [1.82, 2.24) is 15.0 Å². The van der Waals surface area contributed by atoms with Crippen molar-refractivity contribution in [3.63, 3.8) is 0 Å². The first-order chi connectivity index (χ1) is 26.8. The molecule has 3 heterocycles. The molecule has 0 fully saturated rings. The number of hydrogen-bond donors (Lipinski definition) is 0. The molecule has 0 saturated heterocycles. The molecule has 8 aromatic carbocycles. The van der Waals surface area contributed by atoms with Gasteiger partial charge in [0, 0.05) is 43.8 Å². The van der Waals surface area contributed by atoms with Crippen molar-refractivity contribution < 1.29 is 8.83 Å². The molecular formula is C49H27N3O2. The summed E-state index contributed by atoms with van der Waals surface area (Å²) in [5.74, 6) is 1.77. The predicted molar refractivity (Wildman–Crippen MR) is 218 cm³/mol. The fourth-order valence-electron chi connectivity index (χ4n) is 8.61. The standard InChI is InChI=1S/C49H27N3O2/c1-2-13-29(14-3-1)47-50-48(52-49(51-47)36-23-12-26-40-43(36)33-19-6-8-24-38(33)53-40)32-18-5-4-17-30(32)46-44-35-22-11-16-28-15-10-21-31(42(28)35)37(44)27-41-45(46)34-20-7-9-25-39(34)54-41/h1-27H. The lowest BCUT2D eigenvalue weighted by Gasteiger charge is -2.17. The van der Waals surface area contributed by atoms with Crippen molar-refractivity contribution >= 4 is 54.6 Å². The molecule has 0 aliphatic heterocycles. The zero-order valence-corrected chi connectivity index (χ0v) is 28.7. The van der Waals surface area contributed by atoms with Crippen LogP contribution < -0.4 is 0 Å². The maximum absolute atomic E-state index is 6.65. The maximum atomic E-state index is 6.65. The molecule has 0 unspecified atom stereocenters. The normalized spacial score (nSPS) is 12.1. The van der Waals surface area contributed by atoms with Crippen LogP contribution >= 0.6 is 0 Å². The monoisotopic (exact) mass is 689 g/mol. The third-order valence-electron chi connectivity index (χ3n) is 10.9. The summed E-state index contributed by atoms with van der Waals surface area (Å²) >= 11 is 0. The quantitative estimate of drug-likeness (QED) is 0.184. The van der Waals surface area contributed by atoms with Gasteiger partial charge in [0.1, 0.15) is 22.3 Å².